The molecule has 0 aliphatic heterocycles. The van der Waals surface area contributed by atoms with Crippen LogP contribution in [0.25, 0.3) is 22.2 Å². The molecule has 0 spiro atoms. The summed E-state index contributed by atoms with van der Waals surface area (Å²) >= 11 is 0. The molecule has 2 N–H and O–H groups in total. The Balaban J connectivity index is 1.75. The smallest absolute Gasteiger partial charge is 0.255 e. The van der Waals surface area contributed by atoms with Gasteiger partial charge in [-0.1, -0.05) is 48.0 Å². The van der Waals surface area contributed by atoms with E-state index in [9.17, 15) is 4.79 Å². The van der Waals surface area contributed by atoms with E-state index in [1.165, 1.54) is 0 Å². The summed E-state index contributed by atoms with van der Waals surface area (Å²) in [6.07, 6.45) is 0. The molecule has 0 bridgehead atoms. The van der Waals surface area contributed by atoms with Crippen molar-refractivity contribution in [2.45, 2.75) is 6.92 Å². The quantitative estimate of drug-likeness (QED) is 0.520. The number of aromatic amines is 1. The summed E-state index contributed by atoms with van der Waals surface area (Å²) < 4.78 is 0. The van der Waals surface area contributed by atoms with Crippen molar-refractivity contribution in [1.29, 1.82) is 0 Å². The van der Waals surface area contributed by atoms with Crippen molar-refractivity contribution in [2.75, 3.05) is 5.32 Å². The van der Waals surface area contributed by atoms with Gasteiger partial charge in [-0.3, -0.25) is 4.79 Å². The van der Waals surface area contributed by atoms with E-state index in [1.807, 2.05) is 54.6 Å². The fraction of sp³-hybridized carbons (Fsp3) is 0.0455. The number of benzene rings is 3. The Morgan fingerprint density at radius 3 is 2.44 bits per heavy atom. The van der Waals surface area contributed by atoms with Gasteiger partial charge in [0.1, 0.15) is 0 Å². The SMILES string of the molecule is Cc1ccc(NC(=O)c2ccccc2)c(-c2cc3ccccc3[nH]2)c1. The second-order valence-electron chi connectivity index (χ2n) is 6.14. The van der Waals surface area contributed by atoms with Gasteiger partial charge >= 0.3 is 0 Å². The number of anilines is 1. The molecule has 0 aliphatic carbocycles. The molecule has 0 fully saturated rings. The Kier molecular flexibility index (Phi) is 3.82. The van der Waals surface area contributed by atoms with Gasteiger partial charge in [-0.15, -0.1) is 0 Å². The molecule has 4 aromatic rings. The number of para-hydroxylation sites is 1. The lowest BCUT2D eigenvalue weighted by molar-refractivity contribution is 0.102. The van der Waals surface area contributed by atoms with Crippen LogP contribution in [0.2, 0.25) is 0 Å². The van der Waals surface area contributed by atoms with Crippen LogP contribution < -0.4 is 5.32 Å². The minimum absolute atomic E-state index is 0.109. The Morgan fingerprint density at radius 2 is 1.64 bits per heavy atom. The largest absolute Gasteiger partial charge is 0.354 e. The van der Waals surface area contributed by atoms with Crippen LogP contribution in [0.1, 0.15) is 15.9 Å². The van der Waals surface area contributed by atoms with E-state index in [2.05, 4.69) is 41.5 Å². The number of H-pyrrole nitrogens is 1. The molecule has 1 amide bonds. The molecular weight excluding hydrogens is 308 g/mol. The fourth-order valence-corrected chi connectivity index (χ4v) is 2.99. The minimum Gasteiger partial charge on any atom is -0.354 e. The van der Waals surface area contributed by atoms with Crippen LogP contribution in [0.15, 0.2) is 78.9 Å². The Bertz CT molecular complexity index is 1020. The Hall–Kier alpha value is -3.33. The maximum Gasteiger partial charge on any atom is 0.255 e. The summed E-state index contributed by atoms with van der Waals surface area (Å²) in [7, 11) is 0. The Morgan fingerprint density at radius 1 is 0.880 bits per heavy atom. The number of nitrogens with one attached hydrogen (secondary N) is 2. The van der Waals surface area contributed by atoms with Crippen LogP contribution in [0.5, 0.6) is 0 Å². The molecule has 1 aromatic heterocycles. The van der Waals surface area contributed by atoms with Gasteiger partial charge in [-0.25, -0.2) is 0 Å². The van der Waals surface area contributed by atoms with Crippen molar-refractivity contribution in [2.24, 2.45) is 0 Å². The lowest BCUT2D eigenvalue weighted by Gasteiger charge is -2.11. The molecule has 0 aliphatic rings. The number of carbonyl (C=O) groups excluding carboxylic acids is 1. The van der Waals surface area contributed by atoms with Crippen molar-refractivity contribution in [3.05, 3.63) is 90.0 Å². The fourth-order valence-electron chi connectivity index (χ4n) is 2.99. The number of aryl methyl sites for hydroxylation is 1. The number of amides is 1. The normalized spacial score (nSPS) is 10.8. The number of fused-ring (bicyclic) bond motifs is 1. The van der Waals surface area contributed by atoms with Crippen molar-refractivity contribution < 1.29 is 4.79 Å². The molecule has 1 heterocycles. The van der Waals surface area contributed by atoms with E-state index >= 15 is 0 Å². The number of carbonyl (C=O) groups is 1. The number of rotatable bonds is 3. The maximum absolute atomic E-state index is 12.5. The molecule has 0 saturated carbocycles. The summed E-state index contributed by atoms with van der Waals surface area (Å²) in [4.78, 5) is 16.0. The molecule has 3 nitrogen and oxygen atoms in total. The van der Waals surface area contributed by atoms with Gasteiger partial charge in [0.2, 0.25) is 0 Å². The summed E-state index contributed by atoms with van der Waals surface area (Å²) in [5.74, 6) is -0.109. The van der Waals surface area contributed by atoms with Crippen molar-refractivity contribution >= 4 is 22.5 Å². The topological polar surface area (TPSA) is 44.9 Å². The molecule has 3 aromatic carbocycles. The Labute approximate surface area is 146 Å². The van der Waals surface area contributed by atoms with Gasteiger partial charge in [0.15, 0.2) is 0 Å². The first kappa shape index (κ1) is 15.2. The highest BCUT2D eigenvalue weighted by Gasteiger charge is 2.12. The van der Waals surface area contributed by atoms with Gasteiger partial charge in [0, 0.05) is 27.7 Å². The lowest BCUT2D eigenvalue weighted by atomic mass is 10.1. The van der Waals surface area contributed by atoms with Crippen LogP contribution in [-0.2, 0) is 0 Å². The summed E-state index contributed by atoms with van der Waals surface area (Å²) in [6, 6.07) is 25.6. The summed E-state index contributed by atoms with van der Waals surface area (Å²) in [5, 5.41) is 4.19. The van der Waals surface area contributed by atoms with Crippen LogP contribution in [-0.4, -0.2) is 10.9 Å². The van der Waals surface area contributed by atoms with Gasteiger partial charge in [-0.05, 0) is 43.3 Å². The summed E-state index contributed by atoms with van der Waals surface area (Å²) in [6.45, 7) is 2.05. The van der Waals surface area contributed by atoms with Gasteiger partial charge in [-0.2, -0.15) is 0 Å². The van der Waals surface area contributed by atoms with E-state index in [-0.39, 0.29) is 5.91 Å². The minimum atomic E-state index is -0.109. The van der Waals surface area contributed by atoms with Crippen LogP contribution >= 0.6 is 0 Å². The van der Waals surface area contributed by atoms with E-state index in [4.69, 9.17) is 0 Å². The lowest BCUT2D eigenvalue weighted by Crippen LogP contribution is -2.12. The second kappa shape index (κ2) is 6.29. The number of hydrogen-bond acceptors (Lipinski definition) is 1. The first-order chi connectivity index (χ1) is 12.2. The third kappa shape index (κ3) is 3.04. The van der Waals surface area contributed by atoms with Gasteiger partial charge in [0.05, 0.1) is 5.69 Å². The molecule has 25 heavy (non-hydrogen) atoms. The average Bonchev–Trinajstić information content (AvgIpc) is 3.08. The van der Waals surface area contributed by atoms with E-state index in [1.54, 1.807) is 0 Å². The zero-order valence-electron chi connectivity index (χ0n) is 13.9. The molecule has 0 saturated heterocycles. The predicted octanol–water partition coefficient (Wildman–Crippen LogP) is 5.40. The zero-order valence-corrected chi connectivity index (χ0v) is 13.9. The zero-order chi connectivity index (χ0) is 17.2. The highest BCUT2D eigenvalue weighted by molar-refractivity contribution is 6.06. The first-order valence-electron chi connectivity index (χ1n) is 8.26. The maximum atomic E-state index is 12.5. The highest BCUT2D eigenvalue weighted by atomic mass is 16.1. The van der Waals surface area contributed by atoms with E-state index in [0.29, 0.717) is 5.56 Å². The first-order valence-corrected chi connectivity index (χ1v) is 8.26. The van der Waals surface area contributed by atoms with Gasteiger partial charge < -0.3 is 10.3 Å². The molecule has 4 rings (SSSR count). The number of aromatic nitrogens is 1. The predicted molar refractivity (Wildman–Crippen MR) is 103 cm³/mol. The summed E-state index contributed by atoms with van der Waals surface area (Å²) in [5.41, 5.74) is 5.65. The van der Waals surface area contributed by atoms with Crippen molar-refractivity contribution in [3.63, 3.8) is 0 Å². The third-order valence-corrected chi connectivity index (χ3v) is 4.28. The molecule has 122 valence electrons. The van der Waals surface area contributed by atoms with Gasteiger partial charge in [0.25, 0.3) is 5.91 Å². The van der Waals surface area contributed by atoms with Crippen LogP contribution in [0, 0.1) is 6.92 Å². The monoisotopic (exact) mass is 326 g/mol. The highest BCUT2D eigenvalue weighted by Crippen LogP contribution is 2.31. The van der Waals surface area contributed by atoms with Crippen molar-refractivity contribution in [3.8, 4) is 11.3 Å². The van der Waals surface area contributed by atoms with Crippen LogP contribution in [0.3, 0.4) is 0 Å². The van der Waals surface area contributed by atoms with Crippen molar-refractivity contribution in [1.82, 2.24) is 4.98 Å². The third-order valence-electron chi connectivity index (χ3n) is 4.28. The molecular formula is C22H18N2O. The molecule has 0 unspecified atom stereocenters. The average molecular weight is 326 g/mol. The van der Waals surface area contributed by atoms with Crippen LogP contribution in [0.4, 0.5) is 5.69 Å². The van der Waals surface area contributed by atoms with E-state index in [0.717, 1.165) is 33.4 Å². The number of hydrogen-bond donors (Lipinski definition) is 2. The molecule has 0 atom stereocenters. The standard InChI is InChI=1S/C22H18N2O/c1-15-11-12-20(24-22(25)16-7-3-2-4-8-16)18(13-15)21-14-17-9-5-6-10-19(17)23-21/h2-14,23H,1H3,(H,24,25). The second-order valence-corrected chi connectivity index (χ2v) is 6.14. The molecule has 0 radical (unpaired) electrons. The van der Waals surface area contributed by atoms with E-state index < -0.39 is 0 Å². The molecule has 3 heteroatoms.